The highest BCUT2D eigenvalue weighted by molar-refractivity contribution is 5.95. The highest BCUT2D eigenvalue weighted by Gasteiger charge is 2.18. The fourth-order valence-corrected chi connectivity index (χ4v) is 3.83. The number of rotatable bonds is 5. The second-order valence-electron chi connectivity index (χ2n) is 8.03. The first-order valence-electron chi connectivity index (χ1n) is 10.7. The predicted molar refractivity (Wildman–Crippen MR) is 129 cm³/mol. The summed E-state index contributed by atoms with van der Waals surface area (Å²) in [5, 5.41) is 7.69. The molecule has 8 heteroatoms. The highest BCUT2D eigenvalue weighted by atomic mass is 16.5. The number of pyridine rings is 2. The van der Waals surface area contributed by atoms with Crippen molar-refractivity contribution < 1.29 is 9.32 Å². The Bertz CT molecular complexity index is 1570. The van der Waals surface area contributed by atoms with E-state index in [9.17, 15) is 9.59 Å². The fraction of sp³-hybridized carbons (Fsp3) is 0.115. The Morgan fingerprint density at radius 1 is 1.03 bits per heavy atom. The normalized spacial score (nSPS) is 11.0. The third-order valence-electron chi connectivity index (χ3n) is 5.58. The molecule has 5 aromatic rings. The van der Waals surface area contributed by atoms with Crippen LogP contribution in [0.2, 0.25) is 0 Å². The van der Waals surface area contributed by atoms with E-state index >= 15 is 0 Å². The van der Waals surface area contributed by atoms with Crippen LogP contribution in [0.5, 0.6) is 0 Å². The van der Waals surface area contributed by atoms with E-state index in [0.717, 1.165) is 27.8 Å². The van der Waals surface area contributed by atoms with Crippen LogP contribution in [0.3, 0.4) is 0 Å². The number of benzene rings is 2. The van der Waals surface area contributed by atoms with Crippen LogP contribution >= 0.6 is 0 Å². The molecular weight excluding hydrogens is 430 g/mol. The van der Waals surface area contributed by atoms with Gasteiger partial charge >= 0.3 is 0 Å². The number of fused-ring (bicyclic) bond motifs is 1. The molecule has 0 spiro atoms. The molecule has 1 amide bonds. The van der Waals surface area contributed by atoms with Gasteiger partial charge in [-0.2, -0.15) is 4.98 Å². The molecule has 0 aliphatic heterocycles. The summed E-state index contributed by atoms with van der Waals surface area (Å²) in [6.07, 6.45) is 3.29. The van der Waals surface area contributed by atoms with Crippen molar-refractivity contribution in [3.63, 3.8) is 0 Å². The van der Waals surface area contributed by atoms with Crippen molar-refractivity contribution >= 4 is 22.5 Å². The van der Waals surface area contributed by atoms with Gasteiger partial charge in [-0.1, -0.05) is 35.5 Å². The summed E-state index contributed by atoms with van der Waals surface area (Å²) in [6, 6.07) is 18.2. The van der Waals surface area contributed by atoms with Gasteiger partial charge in [0, 0.05) is 35.1 Å². The zero-order valence-corrected chi connectivity index (χ0v) is 18.6. The molecule has 168 valence electrons. The number of aryl methyl sites for hydroxylation is 2. The van der Waals surface area contributed by atoms with Gasteiger partial charge in [0.05, 0.1) is 11.1 Å². The van der Waals surface area contributed by atoms with Crippen molar-refractivity contribution in [1.29, 1.82) is 0 Å². The first-order chi connectivity index (χ1) is 16.5. The molecule has 3 aromatic heterocycles. The predicted octanol–water partition coefficient (Wildman–Crippen LogP) is 4.37. The van der Waals surface area contributed by atoms with Crippen molar-refractivity contribution in [3.8, 4) is 22.8 Å². The van der Waals surface area contributed by atoms with Gasteiger partial charge in [-0.15, -0.1) is 0 Å². The lowest BCUT2D eigenvalue weighted by molar-refractivity contribution is -0.116. The first kappa shape index (κ1) is 21.3. The summed E-state index contributed by atoms with van der Waals surface area (Å²) < 4.78 is 6.93. The molecule has 34 heavy (non-hydrogen) atoms. The van der Waals surface area contributed by atoms with E-state index in [1.54, 1.807) is 30.6 Å². The number of aromatic nitrogens is 4. The number of hydrogen-bond donors (Lipinski definition) is 1. The highest BCUT2D eigenvalue weighted by Crippen LogP contribution is 2.28. The Hall–Kier alpha value is -4.59. The minimum atomic E-state index is -0.339. The molecule has 0 fully saturated rings. The summed E-state index contributed by atoms with van der Waals surface area (Å²) in [5.74, 6) is 0.345. The fourth-order valence-electron chi connectivity index (χ4n) is 3.83. The molecule has 3 heterocycles. The van der Waals surface area contributed by atoms with Crippen molar-refractivity contribution in [2.24, 2.45) is 0 Å². The van der Waals surface area contributed by atoms with Crippen LogP contribution in [-0.2, 0) is 11.3 Å². The average molecular weight is 451 g/mol. The number of para-hydroxylation sites is 1. The molecule has 0 saturated heterocycles. The van der Waals surface area contributed by atoms with E-state index in [4.69, 9.17) is 4.52 Å². The smallest absolute Gasteiger partial charge is 0.259 e. The third-order valence-corrected chi connectivity index (χ3v) is 5.58. The first-order valence-corrected chi connectivity index (χ1v) is 10.7. The number of hydrogen-bond acceptors (Lipinski definition) is 6. The van der Waals surface area contributed by atoms with Crippen LogP contribution in [-0.4, -0.2) is 25.6 Å². The van der Waals surface area contributed by atoms with E-state index in [0.29, 0.717) is 16.9 Å². The molecule has 2 aromatic carbocycles. The summed E-state index contributed by atoms with van der Waals surface area (Å²) in [5.41, 5.74) is 4.25. The van der Waals surface area contributed by atoms with Crippen LogP contribution in [0.25, 0.3) is 33.7 Å². The van der Waals surface area contributed by atoms with E-state index < -0.39 is 0 Å². The molecular formula is C26H21N5O3. The molecule has 0 bridgehead atoms. The summed E-state index contributed by atoms with van der Waals surface area (Å²) in [6.45, 7) is 3.76. The minimum Gasteiger partial charge on any atom is -0.334 e. The van der Waals surface area contributed by atoms with Gasteiger partial charge in [0.2, 0.25) is 11.7 Å². The Balaban J connectivity index is 1.51. The number of nitrogens with one attached hydrogen (secondary N) is 1. The Morgan fingerprint density at radius 2 is 1.82 bits per heavy atom. The molecule has 0 unspecified atom stereocenters. The van der Waals surface area contributed by atoms with Gasteiger partial charge < -0.3 is 9.84 Å². The van der Waals surface area contributed by atoms with E-state index in [2.05, 4.69) is 20.4 Å². The lowest BCUT2D eigenvalue weighted by Gasteiger charge is -2.13. The van der Waals surface area contributed by atoms with Crippen LogP contribution in [0, 0.1) is 13.8 Å². The lowest BCUT2D eigenvalue weighted by Crippen LogP contribution is -2.28. The zero-order chi connectivity index (χ0) is 23.7. The van der Waals surface area contributed by atoms with Crippen LogP contribution < -0.4 is 10.9 Å². The molecule has 0 aliphatic rings. The van der Waals surface area contributed by atoms with Gasteiger partial charge in [0.15, 0.2) is 0 Å². The maximum Gasteiger partial charge on any atom is 0.259 e. The standard InChI is InChI=1S/C26H21N5O3/c1-16-7-8-17(2)21(13-16)28-23(32)15-31-22-6-4-3-5-19(22)20(14-24(31)33)26-29-25(30-34-26)18-9-11-27-12-10-18/h3-14H,15H2,1-2H3,(H,28,32). The molecule has 0 radical (unpaired) electrons. The van der Waals surface area contributed by atoms with Crippen molar-refractivity contribution in [2.45, 2.75) is 20.4 Å². The zero-order valence-electron chi connectivity index (χ0n) is 18.6. The van der Waals surface area contributed by atoms with E-state index in [-0.39, 0.29) is 23.9 Å². The topological polar surface area (TPSA) is 103 Å². The largest absolute Gasteiger partial charge is 0.334 e. The monoisotopic (exact) mass is 451 g/mol. The minimum absolute atomic E-state index is 0.126. The van der Waals surface area contributed by atoms with Crippen LogP contribution in [0.4, 0.5) is 5.69 Å². The third kappa shape index (κ3) is 4.09. The van der Waals surface area contributed by atoms with Crippen molar-refractivity contribution in [3.05, 3.63) is 94.5 Å². The molecule has 8 nitrogen and oxygen atoms in total. The van der Waals surface area contributed by atoms with Crippen molar-refractivity contribution in [2.75, 3.05) is 5.32 Å². The SMILES string of the molecule is Cc1ccc(C)c(NC(=O)Cn2c(=O)cc(-c3nc(-c4ccncc4)no3)c3ccccc32)c1. The molecule has 0 atom stereocenters. The quantitative estimate of drug-likeness (QED) is 0.426. The maximum absolute atomic E-state index is 13.1. The number of carbonyl (C=O) groups is 1. The van der Waals surface area contributed by atoms with Crippen LogP contribution in [0.1, 0.15) is 11.1 Å². The van der Waals surface area contributed by atoms with Gasteiger partial charge in [0.25, 0.3) is 11.4 Å². The Morgan fingerprint density at radius 3 is 2.65 bits per heavy atom. The second-order valence-corrected chi connectivity index (χ2v) is 8.03. The Labute approximate surface area is 194 Å². The second kappa shape index (κ2) is 8.74. The number of anilines is 1. The van der Waals surface area contributed by atoms with Gasteiger partial charge in [-0.3, -0.25) is 19.1 Å². The van der Waals surface area contributed by atoms with Gasteiger partial charge in [0.1, 0.15) is 6.54 Å². The van der Waals surface area contributed by atoms with Gasteiger partial charge in [-0.05, 0) is 49.2 Å². The summed E-state index contributed by atoms with van der Waals surface area (Å²) >= 11 is 0. The van der Waals surface area contributed by atoms with Crippen LogP contribution in [0.15, 0.2) is 82.4 Å². The maximum atomic E-state index is 13.1. The lowest BCUT2D eigenvalue weighted by atomic mass is 10.1. The average Bonchev–Trinajstić information content (AvgIpc) is 3.34. The number of carbonyl (C=O) groups excluding carboxylic acids is 1. The van der Waals surface area contributed by atoms with E-state index in [1.807, 2.05) is 50.2 Å². The van der Waals surface area contributed by atoms with E-state index in [1.165, 1.54) is 10.6 Å². The molecule has 0 aliphatic carbocycles. The summed E-state index contributed by atoms with van der Waals surface area (Å²) in [4.78, 5) is 34.4. The number of nitrogens with zero attached hydrogens (tertiary/aromatic N) is 4. The molecule has 1 N–H and O–H groups in total. The number of amides is 1. The Kier molecular flexibility index (Phi) is 5.47. The van der Waals surface area contributed by atoms with Crippen molar-refractivity contribution in [1.82, 2.24) is 19.7 Å². The van der Waals surface area contributed by atoms with Gasteiger partial charge in [-0.25, -0.2) is 0 Å². The molecule has 0 saturated carbocycles. The summed E-state index contributed by atoms with van der Waals surface area (Å²) in [7, 11) is 0. The molecule has 5 rings (SSSR count).